The Hall–Kier alpha value is -0.950. The van der Waals surface area contributed by atoms with Gasteiger partial charge in [0.15, 0.2) is 0 Å². The van der Waals surface area contributed by atoms with E-state index in [-0.39, 0.29) is 5.91 Å². The number of hydrogen-bond acceptors (Lipinski definition) is 2. The highest BCUT2D eigenvalue weighted by molar-refractivity contribution is 9.12. The SMILES string of the molecule is CC1=NC(=O)C(C#N)C(C)=C1Br. The molecule has 3 nitrogen and oxygen atoms in total. The minimum absolute atomic E-state index is 0.365. The summed E-state index contributed by atoms with van der Waals surface area (Å²) in [5, 5.41) is 8.64. The first-order chi connectivity index (χ1) is 5.57. The van der Waals surface area contributed by atoms with Crippen molar-refractivity contribution in [3.8, 4) is 6.07 Å². The predicted octanol–water partition coefficient (Wildman–Crippen LogP) is 1.80. The first kappa shape index (κ1) is 9.14. The third kappa shape index (κ3) is 1.32. The lowest BCUT2D eigenvalue weighted by molar-refractivity contribution is -0.119. The lowest BCUT2D eigenvalue weighted by Gasteiger charge is -2.14. The largest absolute Gasteiger partial charge is 0.271 e. The molecule has 0 spiro atoms. The van der Waals surface area contributed by atoms with Crippen LogP contribution in [0.25, 0.3) is 0 Å². The Kier molecular flexibility index (Phi) is 2.43. The van der Waals surface area contributed by atoms with Crippen LogP contribution in [-0.2, 0) is 4.79 Å². The Morgan fingerprint density at radius 3 is 2.67 bits per heavy atom. The van der Waals surface area contributed by atoms with Crippen molar-refractivity contribution in [1.82, 2.24) is 0 Å². The number of nitriles is 1. The first-order valence-electron chi connectivity index (χ1n) is 3.43. The summed E-state index contributed by atoms with van der Waals surface area (Å²) >= 11 is 3.27. The minimum Gasteiger partial charge on any atom is -0.271 e. The number of halogens is 1. The number of dihydropyridines is 1. The highest BCUT2D eigenvalue weighted by atomic mass is 79.9. The number of nitrogens with zero attached hydrogens (tertiary/aromatic N) is 2. The van der Waals surface area contributed by atoms with Crippen LogP contribution in [0.3, 0.4) is 0 Å². The fourth-order valence-electron chi connectivity index (χ4n) is 1.03. The zero-order valence-corrected chi connectivity index (χ0v) is 8.34. The number of rotatable bonds is 0. The molecule has 0 aromatic heterocycles. The van der Waals surface area contributed by atoms with Crippen molar-refractivity contribution in [2.24, 2.45) is 10.9 Å². The Labute approximate surface area is 78.9 Å². The Morgan fingerprint density at radius 2 is 2.17 bits per heavy atom. The van der Waals surface area contributed by atoms with Gasteiger partial charge in [-0.1, -0.05) is 0 Å². The van der Waals surface area contributed by atoms with Crippen LogP contribution >= 0.6 is 15.9 Å². The second-order valence-electron chi connectivity index (χ2n) is 2.59. The zero-order valence-electron chi connectivity index (χ0n) is 6.76. The number of amides is 1. The number of aliphatic imine (C=N–C) groups is 1. The van der Waals surface area contributed by atoms with Gasteiger partial charge in [-0.05, 0) is 35.4 Å². The molecule has 1 atom stereocenters. The van der Waals surface area contributed by atoms with Gasteiger partial charge in [0.25, 0.3) is 5.91 Å². The molecule has 12 heavy (non-hydrogen) atoms. The Morgan fingerprint density at radius 1 is 1.58 bits per heavy atom. The summed E-state index contributed by atoms with van der Waals surface area (Å²) < 4.78 is 0.772. The molecule has 0 N–H and O–H groups in total. The van der Waals surface area contributed by atoms with Crippen molar-refractivity contribution in [1.29, 1.82) is 5.26 Å². The maximum atomic E-state index is 11.1. The van der Waals surface area contributed by atoms with Gasteiger partial charge in [-0.25, -0.2) is 4.99 Å². The average molecular weight is 227 g/mol. The van der Waals surface area contributed by atoms with Crippen LogP contribution in [0.5, 0.6) is 0 Å². The molecule has 0 bridgehead atoms. The normalized spacial score (nSPS) is 23.7. The maximum Gasteiger partial charge on any atom is 0.267 e. The van der Waals surface area contributed by atoms with E-state index in [1.807, 2.05) is 6.07 Å². The van der Waals surface area contributed by atoms with Crippen molar-refractivity contribution in [3.05, 3.63) is 10.1 Å². The quantitative estimate of drug-likeness (QED) is 0.633. The van der Waals surface area contributed by atoms with Gasteiger partial charge in [0.05, 0.1) is 11.8 Å². The zero-order chi connectivity index (χ0) is 9.30. The van der Waals surface area contributed by atoms with E-state index in [2.05, 4.69) is 20.9 Å². The van der Waals surface area contributed by atoms with E-state index < -0.39 is 5.92 Å². The second kappa shape index (κ2) is 3.20. The van der Waals surface area contributed by atoms with Crippen LogP contribution in [0.4, 0.5) is 0 Å². The molecule has 0 aliphatic carbocycles. The van der Waals surface area contributed by atoms with Gasteiger partial charge in [0, 0.05) is 4.48 Å². The Bertz CT molecular complexity index is 335. The molecule has 0 aromatic carbocycles. The van der Waals surface area contributed by atoms with Gasteiger partial charge >= 0.3 is 0 Å². The van der Waals surface area contributed by atoms with Crippen molar-refractivity contribution >= 4 is 27.5 Å². The monoisotopic (exact) mass is 226 g/mol. The topological polar surface area (TPSA) is 53.2 Å². The molecule has 1 aliphatic heterocycles. The molecule has 0 aromatic rings. The van der Waals surface area contributed by atoms with Crippen molar-refractivity contribution in [2.45, 2.75) is 13.8 Å². The van der Waals surface area contributed by atoms with Gasteiger partial charge in [0.2, 0.25) is 0 Å². The van der Waals surface area contributed by atoms with E-state index in [0.717, 1.165) is 10.1 Å². The van der Waals surface area contributed by atoms with Crippen molar-refractivity contribution in [2.75, 3.05) is 0 Å². The van der Waals surface area contributed by atoms with Crippen LogP contribution < -0.4 is 0 Å². The molecule has 1 heterocycles. The highest BCUT2D eigenvalue weighted by Crippen LogP contribution is 2.26. The second-order valence-corrected chi connectivity index (χ2v) is 3.39. The highest BCUT2D eigenvalue weighted by Gasteiger charge is 2.26. The molecule has 1 rings (SSSR count). The third-order valence-corrected chi connectivity index (χ3v) is 2.95. The fraction of sp³-hybridized carbons (Fsp3) is 0.375. The number of hydrogen-bond donors (Lipinski definition) is 0. The van der Waals surface area contributed by atoms with Gasteiger partial charge in [-0.3, -0.25) is 4.79 Å². The molecule has 0 radical (unpaired) electrons. The third-order valence-electron chi connectivity index (χ3n) is 1.75. The smallest absolute Gasteiger partial charge is 0.267 e. The maximum absolute atomic E-state index is 11.1. The van der Waals surface area contributed by atoms with E-state index in [1.54, 1.807) is 13.8 Å². The summed E-state index contributed by atoms with van der Waals surface area (Å²) in [4.78, 5) is 14.8. The fourth-order valence-corrected chi connectivity index (χ4v) is 1.35. The molecule has 4 heteroatoms. The van der Waals surface area contributed by atoms with E-state index in [1.165, 1.54) is 0 Å². The first-order valence-corrected chi connectivity index (χ1v) is 4.22. The van der Waals surface area contributed by atoms with E-state index in [0.29, 0.717) is 5.71 Å². The molecular formula is C8H7BrN2O. The average Bonchev–Trinajstić information content (AvgIpc) is 2.01. The van der Waals surface area contributed by atoms with Crippen molar-refractivity contribution < 1.29 is 4.79 Å². The number of allylic oxidation sites excluding steroid dienone is 1. The van der Waals surface area contributed by atoms with Crippen LogP contribution in [0, 0.1) is 17.2 Å². The summed E-state index contributed by atoms with van der Waals surface area (Å²) in [5.74, 6) is -1.07. The standard InChI is InChI=1S/C8H7BrN2O/c1-4-6(3-10)8(12)11-5(2)7(4)9/h6H,1-2H3. The van der Waals surface area contributed by atoms with Gasteiger partial charge in [-0.15, -0.1) is 0 Å². The molecule has 1 aliphatic rings. The van der Waals surface area contributed by atoms with E-state index in [4.69, 9.17) is 5.26 Å². The lowest BCUT2D eigenvalue weighted by atomic mass is 9.98. The molecule has 62 valence electrons. The van der Waals surface area contributed by atoms with Crippen LogP contribution in [0.2, 0.25) is 0 Å². The van der Waals surface area contributed by atoms with Crippen molar-refractivity contribution in [3.63, 3.8) is 0 Å². The van der Waals surface area contributed by atoms with E-state index >= 15 is 0 Å². The predicted molar refractivity (Wildman–Crippen MR) is 48.8 cm³/mol. The van der Waals surface area contributed by atoms with Gasteiger partial charge in [-0.2, -0.15) is 5.26 Å². The summed E-state index contributed by atoms with van der Waals surface area (Å²) in [6.45, 7) is 3.49. The molecule has 0 fully saturated rings. The molecule has 0 saturated heterocycles. The molecule has 0 saturated carbocycles. The van der Waals surface area contributed by atoms with E-state index in [9.17, 15) is 4.79 Å². The summed E-state index contributed by atoms with van der Waals surface area (Å²) in [6, 6.07) is 1.91. The van der Waals surface area contributed by atoms with Gasteiger partial charge in [0.1, 0.15) is 5.92 Å². The van der Waals surface area contributed by atoms with Gasteiger partial charge < -0.3 is 0 Å². The Balaban J connectivity index is 3.19. The number of carbonyl (C=O) groups excluding carboxylic acids is 1. The van der Waals surface area contributed by atoms with Crippen LogP contribution in [-0.4, -0.2) is 11.6 Å². The summed E-state index contributed by atoms with van der Waals surface area (Å²) in [5.41, 5.74) is 1.39. The van der Waals surface area contributed by atoms with Crippen LogP contribution in [0.1, 0.15) is 13.8 Å². The van der Waals surface area contributed by atoms with Crippen LogP contribution in [0.15, 0.2) is 15.0 Å². The lowest BCUT2D eigenvalue weighted by Crippen LogP contribution is -2.19. The summed E-state index contributed by atoms with van der Waals surface area (Å²) in [7, 11) is 0. The molecule has 1 unspecified atom stereocenters. The molecule has 1 amide bonds. The summed E-state index contributed by atoms with van der Waals surface area (Å²) in [6.07, 6.45) is 0. The minimum atomic E-state index is -0.705. The number of carbonyl (C=O) groups is 1. The molecular weight excluding hydrogens is 220 g/mol.